The molecular weight excluding hydrogens is 178 g/mol. The predicted octanol–water partition coefficient (Wildman–Crippen LogP) is 1.88. The lowest BCUT2D eigenvalue weighted by atomic mass is 10.2. The minimum atomic E-state index is 0.673. The largest absolute Gasteiger partial charge is 0.411 e. The SMILES string of the molecule is O/N=C\c1cnc(-c2ccccc2)[nH]1. The molecule has 4 heteroatoms. The zero-order valence-electron chi connectivity index (χ0n) is 7.38. The molecule has 0 atom stereocenters. The van der Waals surface area contributed by atoms with Crippen LogP contribution < -0.4 is 0 Å². The molecule has 14 heavy (non-hydrogen) atoms. The second-order valence-electron chi connectivity index (χ2n) is 2.80. The summed E-state index contributed by atoms with van der Waals surface area (Å²) in [6.45, 7) is 0. The summed E-state index contributed by atoms with van der Waals surface area (Å²) < 4.78 is 0. The summed E-state index contributed by atoms with van der Waals surface area (Å²) in [6.07, 6.45) is 2.92. The van der Waals surface area contributed by atoms with E-state index in [1.807, 2.05) is 30.3 Å². The third-order valence-electron chi connectivity index (χ3n) is 1.84. The Balaban J connectivity index is 2.34. The van der Waals surface area contributed by atoms with Gasteiger partial charge in [-0.3, -0.25) is 0 Å². The van der Waals surface area contributed by atoms with Crippen molar-refractivity contribution < 1.29 is 5.21 Å². The number of aromatic nitrogens is 2. The molecular formula is C10H9N3O. The molecule has 0 saturated carbocycles. The van der Waals surface area contributed by atoms with Crippen molar-refractivity contribution in [2.45, 2.75) is 0 Å². The van der Waals surface area contributed by atoms with Gasteiger partial charge in [0.1, 0.15) is 5.82 Å². The van der Waals surface area contributed by atoms with Gasteiger partial charge in [-0.1, -0.05) is 35.5 Å². The highest BCUT2D eigenvalue weighted by molar-refractivity contribution is 5.77. The molecule has 0 bridgehead atoms. The monoisotopic (exact) mass is 187 g/mol. The third kappa shape index (κ3) is 1.64. The maximum Gasteiger partial charge on any atom is 0.137 e. The molecule has 0 radical (unpaired) electrons. The average Bonchev–Trinajstić information content (AvgIpc) is 2.68. The van der Waals surface area contributed by atoms with Crippen LogP contribution in [0.1, 0.15) is 5.69 Å². The summed E-state index contributed by atoms with van der Waals surface area (Å²) in [5.74, 6) is 0.764. The van der Waals surface area contributed by atoms with Gasteiger partial charge in [-0.15, -0.1) is 0 Å². The van der Waals surface area contributed by atoms with E-state index in [-0.39, 0.29) is 0 Å². The highest BCUT2D eigenvalue weighted by Gasteiger charge is 2.00. The number of nitrogens with zero attached hydrogens (tertiary/aromatic N) is 2. The minimum Gasteiger partial charge on any atom is -0.411 e. The van der Waals surface area contributed by atoms with Crippen LogP contribution in [-0.2, 0) is 0 Å². The van der Waals surface area contributed by atoms with Crippen molar-refractivity contribution in [1.82, 2.24) is 9.97 Å². The van der Waals surface area contributed by atoms with Crippen molar-refractivity contribution in [3.63, 3.8) is 0 Å². The molecule has 0 unspecified atom stereocenters. The third-order valence-corrected chi connectivity index (χ3v) is 1.84. The molecule has 1 aromatic carbocycles. The number of hydrogen-bond donors (Lipinski definition) is 2. The van der Waals surface area contributed by atoms with Crippen molar-refractivity contribution in [3.8, 4) is 11.4 Å². The summed E-state index contributed by atoms with van der Waals surface area (Å²) in [6, 6.07) is 9.75. The van der Waals surface area contributed by atoms with E-state index in [1.54, 1.807) is 6.20 Å². The van der Waals surface area contributed by atoms with Gasteiger partial charge in [0.05, 0.1) is 18.1 Å². The molecule has 70 valence electrons. The Hall–Kier alpha value is -2.10. The van der Waals surface area contributed by atoms with Crippen LogP contribution in [0.25, 0.3) is 11.4 Å². The molecule has 0 amide bonds. The summed E-state index contributed by atoms with van der Waals surface area (Å²) in [4.78, 5) is 7.16. The number of nitrogens with one attached hydrogen (secondary N) is 1. The van der Waals surface area contributed by atoms with E-state index in [0.717, 1.165) is 11.4 Å². The Morgan fingerprint density at radius 2 is 2.07 bits per heavy atom. The maximum absolute atomic E-state index is 8.32. The predicted molar refractivity (Wildman–Crippen MR) is 53.4 cm³/mol. The number of aromatic amines is 1. The standard InChI is InChI=1S/C10H9N3O/c14-12-7-9-6-11-10(13-9)8-4-2-1-3-5-8/h1-7,14H,(H,11,13)/b12-7-. The first-order valence-corrected chi connectivity index (χ1v) is 4.18. The first-order chi connectivity index (χ1) is 6.90. The van der Waals surface area contributed by atoms with E-state index in [4.69, 9.17) is 5.21 Å². The molecule has 1 heterocycles. The molecule has 0 aliphatic heterocycles. The molecule has 2 aromatic rings. The lowest BCUT2D eigenvalue weighted by molar-refractivity contribution is 0.321. The van der Waals surface area contributed by atoms with Crippen LogP contribution in [0.3, 0.4) is 0 Å². The quantitative estimate of drug-likeness (QED) is 0.428. The van der Waals surface area contributed by atoms with Crippen molar-refractivity contribution in [2.75, 3.05) is 0 Å². The normalized spacial score (nSPS) is 10.9. The van der Waals surface area contributed by atoms with Gasteiger partial charge in [0, 0.05) is 5.56 Å². The van der Waals surface area contributed by atoms with Crippen molar-refractivity contribution in [1.29, 1.82) is 0 Å². The number of H-pyrrole nitrogens is 1. The van der Waals surface area contributed by atoms with Gasteiger partial charge in [0.25, 0.3) is 0 Å². The van der Waals surface area contributed by atoms with Gasteiger partial charge >= 0.3 is 0 Å². The van der Waals surface area contributed by atoms with E-state index >= 15 is 0 Å². The van der Waals surface area contributed by atoms with Crippen molar-refractivity contribution >= 4 is 6.21 Å². The Bertz CT molecular complexity index is 434. The van der Waals surface area contributed by atoms with E-state index in [0.29, 0.717) is 5.69 Å². The van der Waals surface area contributed by atoms with Crippen LogP contribution in [0.2, 0.25) is 0 Å². The van der Waals surface area contributed by atoms with Crippen molar-refractivity contribution in [3.05, 3.63) is 42.2 Å². The molecule has 0 fully saturated rings. The van der Waals surface area contributed by atoms with E-state index in [2.05, 4.69) is 15.1 Å². The van der Waals surface area contributed by atoms with E-state index in [1.165, 1.54) is 6.21 Å². The fraction of sp³-hybridized carbons (Fsp3) is 0. The van der Waals surface area contributed by atoms with Crippen LogP contribution >= 0.6 is 0 Å². The first-order valence-electron chi connectivity index (χ1n) is 4.18. The number of oxime groups is 1. The second kappa shape index (κ2) is 3.74. The summed E-state index contributed by atoms with van der Waals surface area (Å²) >= 11 is 0. The molecule has 4 nitrogen and oxygen atoms in total. The fourth-order valence-electron chi connectivity index (χ4n) is 1.21. The average molecular weight is 187 g/mol. The van der Waals surface area contributed by atoms with Crippen molar-refractivity contribution in [2.24, 2.45) is 5.16 Å². The lowest BCUT2D eigenvalue weighted by Gasteiger charge is -1.93. The number of benzene rings is 1. The van der Waals surface area contributed by atoms with E-state index < -0.39 is 0 Å². The molecule has 0 aliphatic rings. The Morgan fingerprint density at radius 3 is 2.79 bits per heavy atom. The summed E-state index contributed by atoms with van der Waals surface area (Å²) in [5.41, 5.74) is 1.68. The van der Waals surface area contributed by atoms with Gasteiger partial charge in [0.2, 0.25) is 0 Å². The molecule has 0 aliphatic carbocycles. The minimum absolute atomic E-state index is 0.673. The highest BCUT2D eigenvalue weighted by atomic mass is 16.4. The van der Waals surface area contributed by atoms with Gasteiger partial charge in [-0.05, 0) is 0 Å². The second-order valence-corrected chi connectivity index (χ2v) is 2.80. The number of hydrogen-bond acceptors (Lipinski definition) is 3. The maximum atomic E-state index is 8.32. The van der Waals surface area contributed by atoms with E-state index in [9.17, 15) is 0 Å². The highest BCUT2D eigenvalue weighted by Crippen LogP contribution is 2.13. The summed E-state index contributed by atoms with van der Waals surface area (Å²) in [7, 11) is 0. The van der Waals surface area contributed by atoms with Crippen LogP contribution in [0.15, 0.2) is 41.7 Å². The Kier molecular flexibility index (Phi) is 2.27. The molecule has 0 spiro atoms. The topological polar surface area (TPSA) is 61.3 Å². The Labute approximate surface area is 80.9 Å². The zero-order valence-corrected chi connectivity index (χ0v) is 7.38. The van der Waals surface area contributed by atoms with Crippen LogP contribution in [0.4, 0.5) is 0 Å². The first kappa shape index (κ1) is 8.50. The molecule has 1 aromatic heterocycles. The van der Waals surface area contributed by atoms with Crippen LogP contribution in [0.5, 0.6) is 0 Å². The van der Waals surface area contributed by atoms with Gasteiger partial charge in [0.15, 0.2) is 0 Å². The molecule has 2 rings (SSSR count). The number of imidazole rings is 1. The zero-order chi connectivity index (χ0) is 9.80. The smallest absolute Gasteiger partial charge is 0.137 e. The number of rotatable bonds is 2. The Morgan fingerprint density at radius 1 is 1.29 bits per heavy atom. The van der Waals surface area contributed by atoms with Gasteiger partial charge < -0.3 is 10.2 Å². The fourth-order valence-corrected chi connectivity index (χ4v) is 1.21. The van der Waals surface area contributed by atoms with Crippen LogP contribution in [-0.4, -0.2) is 21.4 Å². The lowest BCUT2D eigenvalue weighted by Crippen LogP contribution is -1.81. The van der Waals surface area contributed by atoms with Gasteiger partial charge in [-0.25, -0.2) is 4.98 Å². The van der Waals surface area contributed by atoms with Gasteiger partial charge in [-0.2, -0.15) is 0 Å². The molecule has 0 saturated heterocycles. The van der Waals surface area contributed by atoms with Crippen LogP contribution in [0, 0.1) is 0 Å². The molecule has 2 N–H and O–H groups in total. The summed E-state index contributed by atoms with van der Waals surface area (Å²) in [5, 5.41) is 11.2.